The lowest BCUT2D eigenvalue weighted by Gasteiger charge is -2.27. The van der Waals surface area contributed by atoms with Gasteiger partial charge in [0, 0.05) is 6.04 Å². The molecular weight excluding hydrogens is 243 g/mol. The maximum Gasteiger partial charge on any atom is 0.416 e. The second-order valence-electron chi connectivity index (χ2n) is 4.69. The Morgan fingerprint density at radius 1 is 1.11 bits per heavy atom. The predicted octanol–water partition coefficient (Wildman–Crippen LogP) is 3.35. The molecule has 2 rings (SSSR count). The zero-order chi connectivity index (χ0) is 13.2. The van der Waals surface area contributed by atoms with Crippen LogP contribution in [0.25, 0.3) is 0 Å². The summed E-state index contributed by atoms with van der Waals surface area (Å²) >= 11 is 0. The second kappa shape index (κ2) is 5.18. The molecule has 0 unspecified atom stereocenters. The molecule has 0 bridgehead atoms. The number of hydrogen-bond donors (Lipinski definition) is 1. The Morgan fingerprint density at radius 2 is 1.78 bits per heavy atom. The number of alkyl halides is 3. The van der Waals surface area contributed by atoms with Gasteiger partial charge in [-0.15, -0.1) is 0 Å². The summed E-state index contributed by atoms with van der Waals surface area (Å²) in [5.74, 6) is 0.474. The summed E-state index contributed by atoms with van der Waals surface area (Å²) in [4.78, 5) is 0. The van der Waals surface area contributed by atoms with Crippen molar-refractivity contribution in [2.45, 2.75) is 44.0 Å². The van der Waals surface area contributed by atoms with E-state index in [1.165, 1.54) is 12.1 Å². The van der Waals surface area contributed by atoms with E-state index >= 15 is 0 Å². The number of hydrogen-bond acceptors (Lipinski definition) is 2. The van der Waals surface area contributed by atoms with E-state index in [0.717, 1.165) is 37.8 Å². The molecule has 0 aliphatic heterocycles. The van der Waals surface area contributed by atoms with Crippen molar-refractivity contribution in [3.63, 3.8) is 0 Å². The van der Waals surface area contributed by atoms with E-state index in [4.69, 9.17) is 10.5 Å². The van der Waals surface area contributed by atoms with Gasteiger partial charge in [0.05, 0.1) is 5.56 Å². The molecule has 2 atom stereocenters. The van der Waals surface area contributed by atoms with Crippen molar-refractivity contribution in [1.82, 2.24) is 0 Å². The molecular formula is C13H16F3NO. The summed E-state index contributed by atoms with van der Waals surface area (Å²) < 4.78 is 42.8. The molecule has 0 saturated heterocycles. The van der Waals surface area contributed by atoms with Gasteiger partial charge >= 0.3 is 6.18 Å². The summed E-state index contributed by atoms with van der Waals surface area (Å²) in [5, 5.41) is 0. The number of nitrogens with two attached hydrogens (primary N) is 1. The number of benzene rings is 1. The third-order valence-electron chi connectivity index (χ3n) is 3.15. The van der Waals surface area contributed by atoms with Crippen LogP contribution in [0.2, 0.25) is 0 Å². The van der Waals surface area contributed by atoms with Gasteiger partial charge in [-0.05, 0) is 49.9 Å². The standard InChI is InChI=1S/C13H16F3NO/c14-13(15,16)9-4-6-11(7-5-9)18-12-3-1-2-10(17)8-12/h4-7,10,12H,1-3,8,17H2/t10-,12-/m1/s1. The second-order valence-corrected chi connectivity index (χ2v) is 4.69. The zero-order valence-corrected chi connectivity index (χ0v) is 9.91. The minimum atomic E-state index is -4.30. The van der Waals surface area contributed by atoms with Crippen molar-refractivity contribution in [2.24, 2.45) is 5.73 Å². The van der Waals surface area contributed by atoms with Crippen LogP contribution >= 0.6 is 0 Å². The van der Waals surface area contributed by atoms with Crippen molar-refractivity contribution < 1.29 is 17.9 Å². The van der Waals surface area contributed by atoms with Crippen LogP contribution in [-0.2, 0) is 6.18 Å². The fourth-order valence-electron chi connectivity index (χ4n) is 2.20. The third-order valence-corrected chi connectivity index (χ3v) is 3.15. The van der Waals surface area contributed by atoms with Gasteiger partial charge < -0.3 is 10.5 Å². The Balaban J connectivity index is 1.98. The van der Waals surface area contributed by atoms with Crippen LogP contribution in [0.1, 0.15) is 31.2 Å². The molecule has 0 radical (unpaired) electrons. The fourth-order valence-corrected chi connectivity index (χ4v) is 2.20. The average Bonchev–Trinajstić information content (AvgIpc) is 2.28. The van der Waals surface area contributed by atoms with E-state index in [9.17, 15) is 13.2 Å². The van der Waals surface area contributed by atoms with Crippen LogP contribution in [0.4, 0.5) is 13.2 Å². The normalized spacial score (nSPS) is 24.9. The summed E-state index contributed by atoms with van der Waals surface area (Å²) in [6.45, 7) is 0. The molecule has 1 fully saturated rings. The Hall–Kier alpha value is -1.23. The van der Waals surface area contributed by atoms with Gasteiger partial charge in [0.15, 0.2) is 0 Å². The molecule has 2 nitrogen and oxygen atoms in total. The first-order chi connectivity index (χ1) is 8.45. The molecule has 1 saturated carbocycles. The summed E-state index contributed by atoms with van der Waals surface area (Å²) in [7, 11) is 0. The summed E-state index contributed by atoms with van der Waals surface area (Å²) in [6, 6.07) is 4.94. The highest BCUT2D eigenvalue weighted by atomic mass is 19.4. The minimum Gasteiger partial charge on any atom is -0.490 e. The van der Waals surface area contributed by atoms with Crippen LogP contribution < -0.4 is 10.5 Å². The highest BCUT2D eigenvalue weighted by molar-refractivity contribution is 5.29. The van der Waals surface area contributed by atoms with Gasteiger partial charge in [0.2, 0.25) is 0 Å². The van der Waals surface area contributed by atoms with E-state index in [2.05, 4.69) is 0 Å². The largest absolute Gasteiger partial charge is 0.490 e. The maximum atomic E-state index is 12.4. The molecule has 0 spiro atoms. The molecule has 1 aromatic rings. The molecule has 1 aliphatic carbocycles. The van der Waals surface area contributed by atoms with Crippen LogP contribution in [-0.4, -0.2) is 12.1 Å². The number of halogens is 3. The van der Waals surface area contributed by atoms with E-state index in [1.807, 2.05) is 0 Å². The highest BCUT2D eigenvalue weighted by Gasteiger charge is 2.30. The van der Waals surface area contributed by atoms with Crippen LogP contribution in [0.15, 0.2) is 24.3 Å². The molecule has 1 aromatic carbocycles. The topological polar surface area (TPSA) is 35.2 Å². The van der Waals surface area contributed by atoms with Crippen molar-refractivity contribution in [2.75, 3.05) is 0 Å². The molecule has 0 aromatic heterocycles. The molecule has 0 heterocycles. The van der Waals surface area contributed by atoms with Gasteiger partial charge in [-0.2, -0.15) is 13.2 Å². The molecule has 5 heteroatoms. The quantitative estimate of drug-likeness (QED) is 0.884. The monoisotopic (exact) mass is 259 g/mol. The van der Waals surface area contributed by atoms with E-state index in [0.29, 0.717) is 5.75 Å². The lowest BCUT2D eigenvalue weighted by atomic mass is 9.93. The van der Waals surface area contributed by atoms with Gasteiger partial charge in [0.25, 0.3) is 0 Å². The lowest BCUT2D eigenvalue weighted by molar-refractivity contribution is -0.137. The summed E-state index contributed by atoms with van der Waals surface area (Å²) in [6.07, 6.45) is -0.605. The molecule has 1 aliphatic rings. The van der Waals surface area contributed by atoms with Gasteiger partial charge in [-0.25, -0.2) is 0 Å². The van der Waals surface area contributed by atoms with Crippen LogP contribution in [0.5, 0.6) is 5.75 Å². The average molecular weight is 259 g/mol. The fraction of sp³-hybridized carbons (Fsp3) is 0.538. The zero-order valence-electron chi connectivity index (χ0n) is 9.91. The van der Waals surface area contributed by atoms with Crippen molar-refractivity contribution in [1.29, 1.82) is 0 Å². The summed E-state index contributed by atoms with van der Waals surface area (Å²) in [5.41, 5.74) is 5.17. The van der Waals surface area contributed by atoms with Crippen molar-refractivity contribution >= 4 is 0 Å². The molecule has 0 amide bonds. The van der Waals surface area contributed by atoms with Gasteiger partial charge in [0.1, 0.15) is 11.9 Å². The maximum absolute atomic E-state index is 12.4. The SMILES string of the molecule is N[C@@H]1CCC[C@@H](Oc2ccc(C(F)(F)F)cc2)C1. The van der Waals surface area contributed by atoms with Crippen molar-refractivity contribution in [3.8, 4) is 5.75 Å². The Bertz CT molecular complexity index is 388. The van der Waals surface area contributed by atoms with Gasteiger partial charge in [-0.1, -0.05) is 0 Å². The number of ether oxygens (including phenoxy) is 1. The first kappa shape index (κ1) is 13.2. The minimum absolute atomic E-state index is 0.0190. The Morgan fingerprint density at radius 3 is 2.33 bits per heavy atom. The van der Waals surface area contributed by atoms with E-state index in [-0.39, 0.29) is 12.1 Å². The number of rotatable bonds is 2. The van der Waals surface area contributed by atoms with E-state index < -0.39 is 11.7 Å². The first-order valence-electron chi connectivity index (χ1n) is 6.04. The van der Waals surface area contributed by atoms with Crippen molar-refractivity contribution in [3.05, 3.63) is 29.8 Å². The predicted molar refractivity (Wildman–Crippen MR) is 62.3 cm³/mol. The Kier molecular flexibility index (Phi) is 3.80. The first-order valence-corrected chi connectivity index (χ1v) is 6.04. The third kappa shape index (κ3) is 3.38. The smallest absolute Gasteiger partial charge is 0.416 e. The Labute approximate surface area is 104 Å². The highest BCUT2D eigenvalue weighted by Crippen LogP contribution is 2.31. The van der Waals surface area contributed by atoms with Crippen LogP contribution in [0, 0.1) is 0 Å². The van der Waals surface area contributed by atoms with E-state index in [1.54, 1.807) is 0 Å². The lowest BCUT2D eigenvalue weighted by Crippen LogP contribution is -2.33. The molecule has 100 valence electrons. The van der Waals surface area contributed by atoms with Gasteiger partial charge in [-0.3, -0.25) is 0 Å². The molecule has 18 heavy (non-hydrogen) atoms. The van der Waals surface area contributed by atoms with Crippen LogP contribution in [0.3, 0.4) is 0 Å². The molecule has 2 N–H and O–H groups in total.